The van der Waals surface area contributed by atoms with Crippen molar-refractivity contribution in [1.82, 2.24) is 14.5 Å². The fourth-order valence-corrected chi connectivity index (χ4v) is 3.29. The van der Waals surface area contributed by atoms with Crippen molar-refractivity contribution in [3.63, 3.8) is 0 Å². The Morgan fingerprint density at radius 3 is 2.65 bits per heavy atom. The summed E-state index contributed by atoms with van der Waals surface area (Å²) in [6, 6.07) is 10.2. The maximum absolute atomic E-state index is 12.0. The van der Waals surface area contributed by atoms with Gasteiger partial charge in [-0.1, -0.05) is 25.3 Å². The molecule has 3 aromatic rings. The maximum Gasteiger partial charge on any atom is 0.139 e. The van der Waals surface area contributed by atoms with Crippen LogP contribution in [0.3, 0.4) is 0 Å². The topological polar surface area (TPSA) is 47.8 Å². The van der Waals surface area contributed by atoms with Gasteiger partial charge in [0.05, 0.1) is 0 Å². The van der Waals surface area contributed by atoms with Crippen LogP contribution in [0.5, 0.6) is 0 Å². The number of aromatic nitrogens is 3. The van der Waals surface area contributed by atoms with E-state index < -0.39 is 0 Å². The maximum atomic E-state index is 12.0. The first-order chi connectivity index (χ1) is 12.8. The molecule has 3 rings (SSSR count). The van der Waals surface area contributed by atoms with Gasteiger partial charge in [0.25, 0.3) is 0 Å². The van der Waals surface area contributed by atoms with Crippen molar-refractivity contribution < 1.29 is 4.79 Å². The summed E-state index contributed by atoms with van der Waals surface area (Å²) in [7, 11) is 0. The zero-order valence-corrected chi connectivity index (χ0v) is 15.3. The second-order valence-corrected chi connectivity index (χ2v) is 6.84. The van der Waals surface area contributed by atoms with Crippen LogP contribution in [-0.2, 0) is 17.8 Å². The van der Waals surface area contributed by atoms with Gasteiger partial charge in [0, 0.05) is 49.6 Å². The molecule has 0 unspecified atom stereocenters. The molecule has 0 aromatic carbocycles. The van der Waals surface area contributed by atoms with Gasteiger partial charge in [-0.2, -0.15) is 0 Å². The smallest absolute Gasteiger partial charge is 0.139 e. The summed E-state index contributed by atoms with van der Waals surface area (Å²) in [6.07, 6.45) is 15.5. The van der Waals surface area contributed by atoms with Gasteiger partial charge in [-0.25, -0.2) is 4.98 Å². The fraction of sp³-hybridized carbons (Fsp3) is 0.409. The molecule has 26 heavy (non-hydrogen) atoms. The molecule has 0 saturated heterocycles. The van der Waals surface area contributed by atoms with Gasteiger partial charge in [0.15, 0.2) is 0 Å². The first kappa shape index (κ1) is 18.3. The van der Waals surface area contributed by atoms with Crippen LogP contribution in [0.4, 0.5) is 0 Å². The van der Waals surface area contributed by atoms with Crippen molar-refractivity contribution in [2.45, 2.75) is 57.9 Å². The van der Waals surface area contributed by atoms with E-state index in [-0.39, 0.29) is 0 Å². The number of Topliss-reactive ketones (excluding diaryl/α,β-unsaturated/α-hetero) is 1. The summed E-state index contributed by atoms with van der Waals surface area (Å²) in [5.74, 6) is 0.374. The molecule has 0 aliphatic heterocycles. The van der Waals surface area contributed by atoms with Crippen LogP contribution in [0.25, 0.3) is 11.0 Å². The molecule has 3 heterocycles. The van der Waals surface area contributed by atoms with Crippen LogP contribution in [0.2, 0.25) is 0 Å². The monoisotopic (exact) mass is 349 g/mol. The zero-order valence-electron chi connectivity index (χ0n) is 15.3. The number of hydrogen-bond acceptors (Lipinski definition) is 3. The van der Waals surface area contributed by atoms with Gasteiger partial charge in [-0.15, -0.1) is 0 Å². The Balaban J connectivity index is 1.24. The van der Waals surface area contributed by atoms with E-state index in [0.29, 0.717) is 18.6 Å². The van der Waals surface area contributed by atoms with Crippen LogP contribution in [0.1, 0.15) is 50.5 Å². The molecule has 4 heteroatoms. The third-order valence-electron chi connectivity index (χ3n) is 4.79. The molecule has 0 amide bonds. The third kappa shape index (κ3) is 5.51. The first-order valence-electron chi connectivity index (χ1n) is 9.63. The average molecular weight is 349 g/mol. The van der Waals surface area contributed by atoms with E-state index in [9.17, 15) is 4.79 Å². The van der Waals surface area contributed by atoms with E-state index in [4.69, 9.17) is 0 Å². The summed E-state index contributed by atoms with van der Waals surface area (Å²) in [4.78, 5) is 20.5. The molecule has 0 saturated carbocycles. The van der Waals surface area contributed by atoms with Crippen LogP contribution < -0.4 is 0 Å². The number of carbonyl (C=O) groups is 1. The van der Waals surface area contributed by atoms with Gasteiger partial charge in [-0.05, 0) is 49.1 Å². The van der Waals surface area contributed by atoms with Crippen molar-refractivity contribution in [3.05, 3.63) is 60.7 Å². The highest BCUT2D eigenvalue weighted by Crippen LogP contribution is 2.14. The van der Waals surface area contributed by atoms with Gasteiger partial charge in [-0.3, -0.25) is 9.78 Å². The predicted octanol–water partition coefficient (Wildman–Crippen LogP) is 4.97. The SMILES string of the molecule is O=C(CCCCCCCn1ccc2cccnc21)CCc1cccnc1. The molecule has 0 fully saturated rings. The lowest BCUT2D eigenvalue weighted by Crippen LogP contribution is -2.00. The van der Waals surface area contributed by atoms with Crippen LogP contribution in [0.15, 0.2) is 55.1 Å². The number of pyridine rings is 2. The molecular weight excluding hydrogens is 322 g/mol. The quantitative estimate of drug-likeness (QED) is 0.459. The summed E-state index contributed by atoms with van der Waals surface area (Å²) in [5, 5.41) is 1.21. The molecule has 0 N–H and O–H groups in total. The molecule has 0 radical (unpaired) electrons. The lowest BCUT2D eigenvalue weighted by molar-refractivity contribution is -0.119. The first-order valence-corrected chi connectivity index (χ1v) is 9.63. The Bertz CT molecular complexity index is 810. The van der Waals surface area contributed by atoms with Crippen molar-refractivity contribution in [1.29, 1.82) is 0 Å². The molecule has 0 atom stereocenters. The Hall–Kier alpha value is -2.49. The summed E-state index contributed by atoms with van der Waals surface area (Å²) < 4.78 is 2.23. The van der Waals surface area contributed by atoms with Crippen LogP contribution in [0, 0.1) is 0 Å². The number of rotatable bonds is 11. The van der Waals surface area contributed by atoms with Gasteiger partial charge in [0.2, 0.25) is 0 Å². The van der Waals surface area contributed by atoms with E-state index in [1.165, 1.54) is 18.2 Å². The second-order valence-electron chi connectivity index (χ2n) is 6.84. The minimum Gasteiger partial charge on any atom is -0.333 e. The van der Waals surface area contributed by atoms with E-state index >= 15 is 0 Å². The standard InChI is InChI=1S/C22H27N3O/c26-21(12-11-19-8-6-14-23-18-19)10-4-2-1-3-5-16-25-17-13-20-9-7-15-24-22(20)25/h6-9,13-15,17-18H,1-5,10-12,16H2. The predicted molar refractivity (Wildman–Crippen MR) is 105 cm³/mol. The Labute approximate surface area is 155 Å². The van der Waals surface area contributed by atoms with E-state index in [1.54, 1.807) is 6.20 Å². The lowest BCUT2D eigenvalue weighted by atomic mass is 10.0. The van der Waals surface area contributed by atoms with Crippen molar-refractivity contribution in [2.24, 2.45) is 0 Å². The average Bonchev–Trinajstić information content (AvgIpc) is 3.10. The Morgan fingerprint density at radius 1 is 0.923 bits per heavy atom. The second kappa shape index (κ2) is 9.85. The third-order valence-corrected chi connectivity index (χ3v) is 4.79. The number of hydrogen-bond donors (Lipinski definition) is 0. The Kier molecular flexibility index (Phi) is 6.94. The van der Waals surface area contributed by atoms with E-state index in [0.717, 1.165) is 43.4 Å². The highest BCUT2D eigenvalue weighted by Gasteiger charge is 2.04. The largest absolute Gasteiger partial charge is 0.333 e. The summed E-state index contributed by atoms with van der Waals surface area (Å²) in [5.41, 5.74) is 2.22. The minimum absolute atomic E-state index is 0.374. The highest BCUT2D eigenvalue weighted by atomic mass is 16.1. The lowest BCUT2D eigenvalue weighted by Gasteiger charge is -2.05. The zero-order chi connectivity index (χ0) is 18.0. The fourth-order valence-electron chi connectivity index (χ4n) is 3.29. The molecule has 4 nitrogen and oxygen atoms in total. The molecular formula is C22H27N3O. The Morgan fingerprint density at radius 2 is 1.77 bits per heavy atom. The number of nitrogens with zero attached hydrogens (tertiary/aromatic N) is 3. The number of ketones is 1. The van der Waals surface area contributed by atoms with E-state index in [1.807, 2.05) is 30.6 Å². The van der Waals surface area contributed by atoms with Gasteiger partial charge < -0.3 is 4.57 Å². The number of fused-ring (bicyclic) bond motifs is 1. The number of carbonyl (C=O) groups excluding carboxylic acids is 1. The summed E-state index contributed by atoms with van der Waals surface area (Å²) in [6.45, 7) is 1.02. The highest BCUT2D eigenvalue weighted by molar-refractivity contribution is 5.78. The normalized spacial score (nSPS) is 11.1. The van der Waals surface area contributed by atoms with Crippen molar-refractivity contribution in [2.75, 3.05) is 0 Å². The van der Waals surface area contributed by atoms with Gasteiger partial charge >= 0.3 is 0 Å². The molecule has 0 aliphatic carbocycles. The molecule has 0 bridgehead atoms. The van der Waals surface area contributed by atoms with Gasteiger partial charge in [0.1, 0.15) is 11.4 Å². The van der Waals surface area contributed by atoms with Crippen molar-refractivity contribution in [3.8, 4) is 0 Å². The number of unbranched alkanes of at least 4 members (excludes halogenated alkanes) is 4. The van der Waals surface area contributed by atoms with Crippen LogP contribution in [-0.4, -0.2) is 20.3 Å². The number of aryl methyl sites for hydroxylation is 2. The molecule has 136 valence electrons. The molecule has 3 aromatic heterocycles. The minimum atomic E-state index is 0.374. The summed E-state index contributed by atoms with van der Waals surface area (Å²) >= 11 is 0. The van der Waals surface area contributed by atoms with Crippen molar-refractivity contribution >= 4 is 16.8 Å². The van der Waals surface area contributed by atoms with E-state index in [2.05, 4.69) is 32.9 Å². The van der Waals surface area contributed by atoms with Crippen LogP contribution >= 0.6 is 0 Å². The molecule has 0 aliphatic rings. The molecule has 0 spiro atoms.